The highest BCUT2D eigenvalue weighted by molar-refractivity contribution is 7.92. The minimum Gasteiger partial charge on any atom is -0.318 e. The fraction of sp³-hybridized carbons (Fsp3) is 0.172. The van der Waals surface area contributed by atoms with Crippen LogP contribution in [0.15, 0.2) is 88.9 Å². The number of anilines is 1. The number of carbonyl (C=O) groups excluding carboxylic acids is 1. The molecule has 0 saturated carbocycles. The van der Waals surface area contributed by atoms with E-state index in [0.717, 1.165) is 32.5 Å². The van der Waals surface area contributed by atoms with Crippen molar-refractivity contribution in [3.8, 4) is 5.69 Å². The summed E-state index contributed by atoms with van der Waals surface area (Å²) < 4.78 is 30.0. The largest absolute Gasteiger partial charge is 0.318 e. The maximum absolute atomic E-state index is 13.4. The number of aryl methyl sites for hydroxylation is 3. The summed E-state index contributed by atoms with van der Waals surface area (Å²) in [5.41, 5.74) is 9.07. The molecule has 0 fully saturated rings. The highest BCUT2D eigenvalue weighted by atomic mass is 35.5. The van der Waals surface area contributed by atoms with Gasteiger partial charge in [-0.2, -0.15) is 5.10 Å². The molecule has 0 atom stereocenters. The lowest BCUT2D eigenvalue weighted by Gasteiger charge is -2.23. The van der Waals surface area contributed by atoms with Crippen molar-refractivity contribution in [3.05, 3.63) is 112 Å². The Hall–Kier alpha value is -3.88. The van der Waals surface area contributed by atoms with Crippen LogP contribution in [0.4, 0.5) is 5.69 Å². The molecular formula is C29H29ClN4O3S. The fourth-order valence-corrected chi connectivity index (χ4v) is 5.90. The Balaban J connectivity index is 1.55. The average molecular weight is 549 g/mol. The number of halogens is 1. The van der Waals surface area contributed by atoms with Crippen molar-refractivity contribution >= 4 is 39.4 Å². The first-order chi connectivity index (χ1) is 18.1. The molecule has 1 amide bonds. The maximum atomic E-state index is 13.4. The first kappa shape index (κ1) is 27.2. The maximum Gasteiger partial charge on any atom is 0.264 e. The van der Waals surface area contributed by atoms with Crippen LogP contribution in [-0.4, -0.2) is 31.7 Å². The number of aromatic nitrogens is 1. The van der Waals surface area contributed by atoms with E-state index in [1.807, 2.05) is 19.9 Å². The Kier molecular flexibility index (Phi) is 8.04. The first-order valence-electron chi connectivity index (χ1n) is 12.0. The van der Waals surface area contributed by atoms with Crippen molar-refractivity contribution < 1.29 is 13.2 Å². The molecule has 0 aliphatic carbocycles. The van der Waals surface area contributed by atoms with Crippen molar-refractivity contribution in [3.63, 3.8) is 0 Å². The van der Waals surface area contributed by atoms with Gasteiger partial charge in [0.1, 0.15) is 6.54 Å². The zero-order valence-corrected chi connectivity index (χ0v) is 23.2. The highest BCUT2D eigenvalue weighted by Crippen LogP contribution is 2.25. The Bertz CT molecular complexity index is 1600. The van der Waals surface area contributed by atoms with Crippen LogP contribution in [0.1, 0.15) is 28.1 Å². The van der Waals surface area contributed by atoms with Crippen LogP contribution in [0, 0.1) is 27.7 Å². The number of hydrogen-bond donors (Lipinski definition) is 1. The summed E-state index contributed by atoms with van der Waals surface area (Å²) in [6, 6.07) is 22.5. The molecule has 0 spiro atoms. The summed E-state index contributed by atoms with van der Waals surface area (Å²) in [6.45, 7) is 7.68. The molecule has 0 aliphatic rings. The molecule has 3 aromatic carbocycles. The van der Waals surface area contributed by atoms with Crippen LogP contribution in [0.25, 0.3) is 5.69 Å². The van der Waals surface area contributed by atoms with Crippen molar-refractivity contribution in [2.75, 3.05) is 10.8 Å². The monoisotopic (exact) mass is 548 g/mol. The number of carbonyl (C=O) groups is 1. The van der Waals surface area contributed by atoms with Gasteiger partial charge in [0.15, 0.2) is 0 Å². The van der Waals surface area contributed by atoms with E-state index < -0.39 is 22.5 Å². The molecule has 0 saturated heterocycles. The summed E-state index contributed by atoms with van der Waals surface area (Å²) in [5, 5.41) is 4.58. The van der Waals surface area contributed by atoms with E-state index in [1.165, 1.54) is 17.7 Å². The Morgan fingerprint density at radius 2 is 1.66 bits per heavy atom. The first-order valence-corrected chi connectivity index (χ1v) is 13.8. The molecule has 1 heterocycles. The van der Waals surface area contributed by atoms with Crippen LogP contribution in [0.5, 0.6) is 0 Å². The van der Waals surface area contributed by atoms with Crippen LogP contribution in [0.2, 0.25) is 5.02 Å². The Morgan fingerprint density at radius 3 is 2.32 bits per heavy atom. The van der Waals surface area contributed by atoms with Crippen molar-refractivity contribution in [1.82, 2.24) is 9.99 Å². The quantitative estimate of drug-likeness (QED) is 0.226. The molecule has 7 nitrogen and oxygen atoms in total. The van der Waals surface area contributed by atoms with Gasteiger partial charge in [0.05, 0.1) is 16.8 Å². The summed E-state index contributed by atoms with van der Waals surface area (Å²) in [4.78, 5) is 12.9. The smallest absolute Gasteiger partial charge is 0.264 e. The minimum absolute atomic E-state index is 0.0742. The number of nitrogens with one attached hydrogen (secondary N) is 1. The van der Waals surface area contributed by atoms with Crippen molar-refractivity contribution in [1.29, 1.82) is 0 Å². The average Bonchev–Trinajstić information content (AvgIpc) is 3.16. The van der Waals surface area contributed by atoms with Gasteiger partial charge < -0.3 is 4.57 Å². The summed E-state index contributed by atoms with van der Waals surface area (Å²) in [5.74, 6) is -0.584. The lowest BCUT2D eigenvalue weighted by molar-refractivity contribution is -0.119. The van der Waals surface area contributed by atoms with Gasteiger partial charge in [-0.05, 0) is 81.8 Å². The van der Waals surface area contributed by atoms with E-state index in [1.54, 1.807) is 48.7 Å². The lowest BCUT2D eigenvalue weighted by Crippen LogP contribution is -2.39. The van der Waals surface area contributed by atoms with Crippen molar-refractivity contribution in [2.45, 2.75) is 32.6 Å². The number of rotatable bonds is 8. The van der Waals surface area contributed by atoms with E-state index in [2.05, 4.69) is 47.1 Å². The molecule has 0 bridgehead atoms. The standard InChI is InChI=1S/C29H29ClN4O3S/c1-20-10-15-28(21(2)16-20)34-22(3)17-24(23(34)4)18-31-32-29(35)19-33(26-13-11-25(30)12-14-26)38(36,37)27-8-6-5-7-9-27/h5-18H,19H2,1-4H3,(H,32,35)/b31-18-. The van der Waals surface area contributed by atoms with Crippen molar-refractivity contribution in [2.24, 2.45) is 5.10 Å². The van der Waals surface area contributed by atoms with E-state index in [0.29, 0.717) is 10.7 Å². The van der Waals surface area contributed by atoms with Crippen LogP contribution >= 0.6 is 11.6 Å². The second-order valence-electron chi connectivity index (χ2n) is 9.05. The third-order valence-corrected chi connectivity index (χ3v) is 8.23. The van der Waals surface area contributed by atoms with E-state index in [9.17, 15) is 13.2 Å². The fourth-order valence-electron chi connectivity index (χ4n) is 4.33. The Morgan fingerprint density at radius 1 is 0.974 bits per heavy atom. The van der Waals surface area contributed by atoms with E-state index >= 15 is 0 Å². The van der Waals surface area contributed by atoms with Gasteiger partial charge >= 0.3 is 0 Å². The molecule has 4 aromatic rings. The highest BCUT2D eigenvalue weighted by Gasteiger charge is 2.27. The SMILES string of the molecule is Cc1ccc(-n2c(C)cc(/C=N\NC(=O)CN(c3ccc(Cl)cc3)S(=O)(=O)c3ccccc3)c2C)c(C)c1. The topological polar surface area (TPSA) is 83.8 Å². The molecule has 38 heavy (non-hydrogen) atoms. The van der Waals surface area contributed by atoms with Gasteiger partial charge in [-0.1, -0.05) is 47.5 Å². The van der Waals surface area contributed by atoms with Crippen LogP contribution in [0.3, 0.4) is 0 Å². The molecule has 196 valence electrons. The van der Waals surface area contributed by atoms with Gasteiger partial charge in [-0.3, -0.25) is 9.10 Å². The van der Waals surface area contributed by atoms with Gasteiger partial charge in [-0.15, -0.1) is 0 Å². The summed E-state index contributed by atoms with van der Waals surface area (Å²) >= 11 is 5.99. The number of nitrogens with zero attached hydrogens (tertiary/aromatic N) is 3. The van der Waals surface area contributed by atoms with Gasteiger partial charge in [0, 0.05) is 27.7 Å². The van der Waals surface area contributed by atoms with Gasteiger partial charge in [0.2, 0.25) is 0 Å². The molecular weight excluding hydrogens is 520 g/mol. The predicted molar refractivity (Wildman–Crippen MR) is 153 cm³/mol. The lowest BCUT2D eigenvalue weighted by atomic mass is 10.1. The third kappa shape index (κ3) is 5.82. The molecule has 0 radical (unpaired) electrons. The molecule has 0 aliphatic heterocycles. The molecule has 1 N–H and O–H groups in total. The Labute approximate surface area is 228 Å². The number of sulfonamides is 1. The van der Waals surface area contributed by atoms with Crippen LogP contribution < -0.4 is 9.73 Å². The third-order valence-electron chi connectivity index (χ3n) is 6.19. The number of hydrogen-bond acceptors (Lipinski definition) is 4. The molecule has 4 rings (SSSR count). The summed E-state index contributed by atoms with van der Waals surface area (Å²) in [6.07, 6.45) is 1.57. The zero-order valence-electron chi connectivity index (χ0n) is 21.6. The van der Waals surface area contributed by atoms with Gasteiger partial charge in [0.25, 0.3) is 15.9 Å². The van der Waals surface area contributed by atoms with Gasteiger partial charge in [-0.25, -0.2) is 13.8 Å². The van der Waals surface area contributed by atoms with E-state index in [-0.39, 0.29) is 4.90 Å². The summed E-state index contributed by atoms with van der Waals surface area (Å²) in [7, 11) is -4.01. The second kappa shape index (κ2) is 11.2. The normalized spacial score (nSPS) is 11.6. The number of amides is 1. The second-order valence-corrected chi connectivity index (χ2v) is 11.3. The molecule has 9 heteroatoms. The predicted octanol–water partition coefficient (Wildman–Crippen LogP) is 5.71. The zero-order chi connectivity index (χ0) is 27.4. The minimum atomic E-state index is -4.01. The molecule has 1 aromatic heterocycles. The number of hydrazone groups is 1. The van der Waals surface area contributed by atoms with Crippen LogP contribution in [-0.2, 0) is 14.8 Å². The molecule has 0 unspecified atom stereocenters. The number of benzene rings is 3. The van der Waals surface area contributed by atoms with E-state index in [4.69, 9.17) is 11.6 Å².